The predicted molar refractivity (Wildman–Crippen MR) is 110 cm³/mol. The molecule has 4 rings (SSSR count). The van der Waals surface area contributed by atoms with Gasteiger partial charge in [0.15, 0.2) is 16.8 Å². The van der Waals surface area contributed by atoms with Gasteiger partial charge in [0.05, 0.1) is 17.4 Å². The van der Waals surface area contributed by atoms with Crippen LogP contribution in [-0.2, 0) is 7.05 Å². The molecule has 0 radical (unpaired) electrons. The molecule has 6 heteroatoms. The molecule has 0 amide bonds. The Balaban J connectivity index is 1.51. The van der Waals surface area contributed by atoms with Gasteiger partial charge in [-0.15, -0.1) is 10.2 Å². The van der Waals surface area contributed by atoms with Crippen molar-refractivity contribution < 1.29 is 4.79 Å². The maximum absolute atomic E-state index is 12.4. The van der Waals surface area contributed by atoms with Gasteiger partial charge in [-0.05, 0) is 29.0 Å². The first-order chi connectivity index (χ1) is 13.7. The second kappa shape index (κ2) is 7.67. The summed E-state index contributed by atoms with van der Waals surface area (Å²) >= 11 is 1.35. The SMILES string of the molecule is Cn1c(SCC(=O)c2ccc(C#N)cc2)nnc1-c1ccc2ccccc2c1. The summed E-state index contributed by atoms with van der Waals surface area (Å²) in [6, 6.07) is 23.1. The van der Waals surface area contributed by atoms with Crippen LogP contribution in [0.1, 0.15) is 15.9 Å². The summed E-state index contributed by atoms with van der Waals surface area (Å²) in [5.74, 6) is 1.01. The van der Waals surface area contributed by atoms with E-state index < -0.39 is 0 Å². The minimum Gasteiger partial charge on any atom is -0.305 e. The third-order valence-corrected chi connectivity index (χ3v) is 5.53. The van der Waals surface area contributed by atoms with Crippen molar-refractivity contribution in [1.29, 1.82) is 5.26 Å². The summed E-state index contributed by atoms with van der Waals surface area (Å²) in [6.07, 6.45) is 0. The zero-order chi connectivity index (χ0) is 19.5. The van der Waals surface area contributed by atoms with Crippen molar-refractivity contribution in [3.8, 4) is 17.5 Å². The van der Waals surface area contributed by atoms with Crippen molar-refractivity contribution in [3.05, 3.63) is 77.9 Å². The third kappa shape index (κ3) is 3.53. The van der Waals surface area contributed by atoms with E-state index in [0.717, 1.165) is 16.8 Å². The van der Waals surface area contributed by atoms with Crippen LogP contribution < -0.4 is 0 Å². The Morgan fingerprint density at radius 2 is 1.79 bits per heavy atom. The predicted octanol–water partition coefficient (Wildman–Crippen LogP) is 4.48. The van der Waals surface area contributed by atoms with Gasteiger partial charge in [-0.2, -0.15) is 5.26 Å². The van der Waals surface area contributed by atoms with E-state index in [1.807, 2.05) is 35.9 Å². The maximum atomic E-state index is 12.4. The second-order valence-corrected chi connectivity index (χ2v) is 7.27. The number of hydrogen-bond acceptors (Lipinski definition) is 5. The first-order valence-electron chi connectivity index (χ1n) is 8.70. The molecule has 4 aromatic rings. The van der Waals surface area contributed by atoms with Crippen LogP contribution in [0.5, 0.6) is 0 Å². The van der Waals surface area contributed by atoms with E-state index in [2.05, 4.69) is 34.5 Å². The van der Waals surface area contributed by atoms with E-state index in [9.17, 15) is 4.79 Å². The van der Waals surface area contributed by atoms with Crippen molar-refractivity contribution in [1.82, 2.24) is 14.8 Å². The first kappa shape index (κ1) is 18.0. The van der Waals surface area contributed by atoms with Crippen molar-refractivity contribution in [3.63, 3.8) is 0 Å². The van der Waals surface area contributed by atoms with Crippen LogP contribution in [0.3, 0.4) is 0 Å². The number of rotatable bonds is 5. The zero-order valence-corrected chi connectivity index (χ0v) is 16.0. The normalized spacial score (nSPS) is 10.7. The number of nitrogens with zero attached hydrogens (tertiary/aromatic N) is 4. The summed E-state index contributed by atoms with van der Waals surface area (Å²) in [7, 11) is 1.90. The molecule has 0 spiro atoms. The largest absolute Gasteiger partial charge is 0.305 e. The van der Waals surface area contributed by atoms with Crippen molar-refractivity contribution in [2.75, 3.05) is 5.75 Å². The standard InChI is InChI=1S/C22H16N4OS/c1-26-21(19-11-10-16-4-2-3-5-18(16)12-19)24-25-22(26)28-14-20(27)17-8-6-15(13-23)7-9-17/h2-12H,14H2,1H3. The molecule has 136 valence electrons. The Hall–Kier alpha value is -3.43. The highest BCUT2D eigenvalue weighted by Gasteiger charge is 2.14. The van der Waals surface area contributed by atoms with E-state index in [0.29, 0.717) is 16.3 Å². The number of carbonyl (C=O) groups is 1. The summed E-state index contributed by atoms with van der Waals surface area (Å²) in [6.45, 7) is 0. The van der Waals surface area contributed by atoms with Crippen LogP contribution in [0.4, 0.5) is 0 Å². The molecule has 28 heavy (non-hydrogen) atoms. The number of benzene rings is 3. The van der Waals surface area contributed by atoms with Crippen LogP contribution in [0.25, 0.3) is 22.2 Å². The van der Waals surface area contributed by atoms with Crippen LogP contribution in [0, 0.1) is 11.3 Å². The highest BCUT2D eigenvalue weighted by molar-refractivity contribution is 7.99. The average molecular weight is 384 g/mol. The summed E-state index contributed by atoms with van der Waals surface area (Å²) in [5.41, 5.74) is 2.11. The Morgan fingerprint density at radius 3 is 2.54 bits per heavy atom. The fraction of sp³-hybridized carbons (Fsp3) is 0.0909. The smallest absolute Gasteiger partial charge is 0.191 e. The lowest BCUT2D eigenvalue weighted by Gasteiger charge is -2.05. The molecule has 0 aliphatic carbocycles. The minimum absolute atomic E-state index is 0.00950. The maximum Gasteiger partial charge on any atom is 0.191 e. The van der Waals surface area contributed by atoms with E-state index in [1.54, 1.807) is 24.3 Å². The molecule has 0 fully saturated rings. The number of ketones is 1. The molecule has 0 atom stereocenters. The van der Waals surface area contributed by atoms with E-state index >= 15 is 0 Å². The molecule has 0 bridgehead atoms. The minimum atomic E-state index is -0.00950. The highest BCUT2D eigenvalue weighted by Crippen LogP contribution is 2.26. The van der Waals surface area contributed by atoms with Gasteiger partial charge in [0.25, 0.3) is 0 Å². The summed E-state index contributed by atoms with van der Waals surface area (Å²) in [4.78, 5) is 12.4. The van der Waals surface area contributed by atoms with Gasteiger partial charge in [0, 0.05) is 18.2 Å². The number of carbonyl (C=O) groups excluding carboxylic acids is 1. The van der Waals surface area contributed by atoms with Crippen molar-refractivity contribution >= 4 is 28.3 Å². The van der Waals surface area contributed by atoms with Crippen LogP contribution in [-0.4, -0.2) is 26.3 Å². The molecule has 0 N–H and O–H groups in total. The van der Waals surface area contributed by atoms with Crippen LogP contribution in [0.2, 0.25) is 0 Å². The Kier molecular flexibility index (Phi) is 4.92. The topological polar surface area (TPSA) is 71.6 Å². The molecule has 1 heterocycles. The lowest BCUT2D eigenvalue weighted by atomic mass is 10.1. The van der Waals surface area contributed by atoms with Gasteiger partial charge in [-0.3, -0.25) is 4.79 Å². The Morgan fingerprint density at radius 1 is 1.04 bits per heavy atom. The van der Waals surface area contributed by atoms with Gasteiger partial charge < -0.3 is 4.57 Å². The number of thioether (sulfide) groups is 1. The molecule has 0 saturated carbocycles. The van der Waals surface area contributed by atoms with Crippen LogP contribution in [0.15, 0.2) is 71.9 Å². The van der Waals surface area contributed by atoms with Gasteiger partial charge in [-0.25, -0.2) is 0 Å². The van der Waals surface area contributed by atoms with E-state index in [-0.39, 0.29) is 11.5 Å². The number of aromatic nitrogens is 3. The fourth-order valence-electron chi connectivity index (χ4n) is 2.96. The number of fused-ring (bicyclic) bond motifs is 1. The second-order valence-electron chi connectivity index (χ2n) is 6.33. The fourth-order valence-corrected chi connectivity index (χ4v) is 3.77. The highest BCUT2D eigenvalue weighted by atomic mass is 32.2. The molecule has 3 aromatic carbocycles. The van der Waals surface area contributed by atoms with Crippen molar-refractivity contribution in [2.24, 2.45) is 7.05 Å². The average Bonchev–Trinajstić information content (AvgIpc) is 3.12. The molecule has 1 aromatic heterocycles. The summed E-state index contributed by atoms with van der Waals surface area (Å²) in [5, 5.41) is 20.4. The molecule has 0 unspecified atom stereocenters. The van der Waals surface area contributed by atoms with Gasteiger partial charge >= 0.3 is 0 Å². The summed E-state index contributed by atoms with van der Waals surface area (Å²) < 4.78 is 1.90. The third-order valence-electron chi connectivity index (χ3n) is 4.51. The lowest BCUT2D eigenvalue weighted by Crippen LogP contribution is -2.04. The monoisotopic (exact) mass is 384 g/mol. The molecule has 0 saturated heterocycles. The quantitative estimate of drug-likeness (QED) is 0.375. The van der Waals surface area contributed by atoms with Gasteiger partial charge in [0.1, 0.15) is 0 Å². The lowest BCUT2D eigenvalue weighted by molar-refractivity contribution is 0.102. The number of nitriles is 1. The van der Waals surface area contributed by atoms with Gasteiger partial charge in [-0.1, -0.05) is 60.3 Å². The molecular weight excluding hydrogens is 368 g/mol. The van der Waals surface area contributed by atoms with E-state index in [1.165, 1.54) is 17.1 Å². The molecule has 0 aliphatic rings. The Bertz CT molecular complexity index is 1210. The number of hydrogen-bond donors (Lipinski definition) is 0. The Labute approximate surface area is 166 Å². The van der Waals surface area contributed by atoms with E-state index in [4.69, 9.17) is 5.26 Å². The molecule has 5 nitrogen and oxygen atoms in total. The van der Waals surface area contributed by atoms with Crippen molar-refractivity contribution in [2.45, 2.75) is 5.16 Å². The van der Waals surface area contributed by atoms with Crippen LogP contribution >= 0.6 is 11.8 Å². The van der Waals surface area contributed by atoms with Gasteiger partial charge in [0.2, 0.25) is 0 Å². The molecule has 0 aliphatic heterocycles. The number of Topliss-reactive ketones (excluding diaryl/α,β-unsaturated/α-hetero) is 1. The zero-order valence-electron chi connectivity index (χ0n) is 15.2. The first-order valence-corrected chi connectivity index (χ1v) is 9.69. The molecular formula is C22H16N4OS.